The maximum Gasteiger partial charge on any atom is 0.416 e. The zero-order valence-corrected chi connectivity index (χ0v) is 17.7. The van der Waals surface area contributed by atoms with Gasteiger partial charge in [0.15, 0.2) is 0 Å². The molecule has 0 aromatic heterocycles. The van der Waals surface area contributed by atoms with Crippen molar-refractivity contribution in [3.8, 4) is 0 Å². The summed E-state index contributed by atoms with van der Waals surface area (Å²) in [6, 6.07) is 8.86. The third kappa shape index (κ3) is 5.03. The maximum atomic E-state index is 13.3. The number of aromatic carboxylic acids is 1. The van der Waals surface area contributed by atoms with E-state index in [1.807, 2.05) is 6.92 Å². The number of hydrogen-bond acceptors (Lipinski definition) is 4. The first-order valence-electron chi connectivity index (χ1n) is 9.97. The summed E-state index contributed by atoms with van der Waals surface area (Å²) in [5, 5.41) is 9.27. The zero-order chi connectivity index (χ0) is 21.9. The smallest absolute Gasteiger partial charge is 0.416 e. The van der Waals surface area contributed by atoms with Gasteiger partial charge in [-0.1, -0.05) is 13.0 Å². The Morgan fingerprint density at radius 2 is 2.00 bits per heavy atom. The van der Waals surface area contributed by atoms with Gasteiger partial charge in [-0.15, -0.1) is 0 Å². The molecule has 0 amide bonds. The number of aryl methyl sites for hydroxylation is 1. The third-order valence-corrected chi connectivity index (χ3v) is 6.32. The van der Waals surface area contributed by atoms with Crippen LogP contribution in [0.1, 0.15) is 54.6 Å². The molecule has 2 N–H and O–H groups in total. The van der Waals surface area contributed by atoms with E-state index in [-0.39, 0.29) is 11.6 Å². The van der Waals surface area contributed by atoms with Crippen LogP contribution in [0.3, 0.4) is 0 Å². The summed E-state index contributed by atoms with van der Waals surface area (Å²) in [6.07, 6.45) is -0.655. The first-order chi connectivity index (χ1) is 14.2. The summed E-state index contributed by atoms with van der Waals surface area (Å²) in [5.41, 5.74) is 1.47. The second-order valence-electron chi connectivity index (χ2n) is 7.45. The van der Waals surface area contributed by atoms with Crippen LogP contribution in [0.2, 0.25) is 0 Å². The fourth-order valence-corrected chi connectivity index (χ4v) is 4.60. The van der Waals surface area contributed by atoms with Gasteiger partial charge in [0.05, 0.1) is 22.5 Å². The maximum absolute atomic E-state index is 13.3. The standard InChI is InChI=1S/C22H25F3N2O2S/c1-3-15-7-8-16(21(28)29)12-20(15)30-26-18-13-17(22(23,24)25)9-10-19(18)27-11-5-4-6-14(27)2/h7-10,12-14,26H,3-6,11H2,1-2H3,(H,28,29)/t14-/m1/s1. The number of anilines is 2. The molecule has 1 saturated heterocycles. The van der Waals surface area contributed by atoms with Crippen LogP contribution in [0.5, 0.6) is 0 Å². The number of piperidine rings is 1. The van der Waals surface area contributed by atoms with Crippen LogP contribution in [0.15, 0.2) is 41.3 Å². The highest BCUT2D eigenvalue weighted by Gasteiger charge is 2.32. The highest BCUT2D eigenvalue weighted by atomic mass is 32.2. The quantitative estimate of drug-likeness (QED) is 0.507. The van der Waals surface area contributed by atoms with Gasteiger partial charge in [0.1, 0.15) is 0 Å². The van der Waals surface area contributed by atoms with Crippen molar-refractivity contribution in [3.05, 3.63) is 53.1 Å². The Hall–Kier alpha value is -2.35. The fraction of sp³-hybridized carbons (Fsp3) is 0.409. The number of rotatable bonds is 6. The molecule has 1 fully saturated rings. The van der Waals surface area contributed by atoms with Crippen molar-refractivity contribution in [2.75, 3.05) is 16.2 Å². The van der Waals surface area contributed by atoms with Crippen molar-refractivity contribution in [2.45, 2.75) is 56.6 Å². The average Bonchev–Trinajstić information content (AvgIpc) is 2.71. The van der Waals surface area contributed by atoms with Crippen LogP contribution in [-0.4, -0.2) is 23.7 Å². The minimum absolute atomic E-state index is 0.144. The lowest BCUT2D eigenvalue weighted by molar-refractivity contribution is -0.137. The average molecular weight is 439 g/mol. The van der Waals surface area contributed by atoms with E-state index >= 15 is 0 Å². The minimum Gasteiger partial charge on any atom is -0.478 e. The Morgan fingerprint density at radius 1 is 1.23 bits per heavy atom. The molecular formula is C22H25F3N2O2S. The molecule has 0 aliphatic carbocycles. The number of alkyl halides is 3. The van der Waals surface area contributed by atoms with Gasteiger partial charge in [-0.05, 0) is 80.5 Å². The van der Waals surface area contributed by atoms with Crippen LogP contribution in [0.4, 0.5) is 24.5 Å². The largest absolute Gasteiger partial charge is 0.478 e. The van der Waals surface area contributed by atoms with Crippen LogP contribution in [0.25, 0.3) is 0 Å². The zero-order valence-electron chi connectivity index (χ0n) is 16.9. The molecule has 1 atom stereocenters. The van der Waals surface area contributed by atoms with E-state index in [0.29, 0.717) is 17.0 Å². The highest BCUT2D eigenvalue weighted by molar-refractivity contribution is 8.00. The van der Waals surface area contributed by atoms with Gasteiger partial charge in [0.25, 0.3) is 0 Å². The van der Waals surface area contributed by atoms with E-state index in [9.17, 15) is 23.1 Å². The lowest BCUT2D eigenvalue weighted by atomic mass is 10.0. The van der Waals surface area contributed by atoms with E-state index < -0.39 is 17.7 Å². The lowest BCUT2D eigenvalue weighted by Crippen LogP contribution is -2.37. The molecule has 0 spiro atoms. The molecule has 8 heteroatoms. The molecule has 0 radical (unpaired) electrons. The summed E-state index contributed by atoms with van der Waals surface area (Å²) >= 11 is 1.15. The summed E-state index contributed by atoms with van der Waals surface area (Å²) in [4.78, 5) is 14.1. The number of carbonyl (C=O) groups is 1. The minimum atomic E-state index is -4.44. The van der Waals surface area contributed by atoms with Crippen LogP contribution >= 0.6 is 11.9 Å². The topological polar surface area (TPSA) is 52.6 Å². The fourth-order valence-electron chi connectivity index (χ4n) is 3.69. The Morgan fingerprint density at radius 3 is 2.63 bits per heavy atom. The number of halogens is 3. The number of benzene rings is 2. The van der Waals surface area contributed by atoms with Gasteiger partial charge >= 0.3 is 12.1 Å². The first kappa shape index (κ1) is 22.3. The molecule has 0 saturated carbocycles. The SMILES string of the molecule is CCc1ccc(C(=O)O)cc1SNc1cc(C(F)(F)F)ccc1N1CCCC[C@H]1C. The molecule has 30 heavy (non-hydrogen) atoms. The Kier molecular flexibility index (Phi) is 6.85. The number of nitrogens with zero attached hydrogens (tertiary/aromatic N) is 1. The molecule has 2 aromatic carbocycles. The van der Waals surface area contributed by atoms with Crippen LogP contribution in [-0.2, 0) is 12.6 Å². The number of carboxylic acid groups (broad SMARTS) is 1. The van der Waals surface area contributed by atoms with Crippen molar-refractivity contribution < 1.29 is 23.1 Å². The second-order valence-corrected chi connectivity index (χ2v) is 8.30. The van der Waals surface area contributed by atoms with E-state index in [4.69, 9.17) is 0 Å². The van der Waals surface area contributed by atoms with Crippen molar-refractivity contribution >= 4 is 29.3 Å². The van der Waals surface area contributed by atoms with Crippen molar-refractivity contribution in [1.82, 2.24) is 0 Å². The molecule has 1 aliphatic rings. The van der Waals surface area contributed by atoms with Crippen LogP contribution in [0, 0.1) is 0 Å². The number of hydrogen-bond donors (Lipinski definition) is 2. The summed E-state index contributed by atoms with van der Waals surface area (Å²) < 4.78 is 43.1. The molecular weight excluding hydrogens is 413 g/mol. The van der Waals surface area contributed by atoms with Crippen LogP contribution < -0.4 is 9.62 Å². The predicted octanol–water partition coefficient (Wildman–Crippen LogP) is 6.46. The lowest BCUT2D eigenvalue weighted by Gasteiger charge is -2.36. The van der Waals surface area contributed by atoms with E-state index in [1.54, 1.807) is 12.1 Å². The number of carboxylic acids is 1. The third-order valence-electron chi connectivity index (χ3n) is 5.40. The van der Waals surface area contributed by atoms with E-state index in [0.717, 1.165) is 61.1 Å². The van der Waals surface area contributed by atoms with Gasteiger partial charge in [-0.3, -0.25) is 0 Å². The molecule has 1 heterocycles. The molecule has 4 nitrogen and oxygen atoms in total. The molecule has 162 valence electrons. The second kappa shape index (κ2) is 9.20. The van der Waals surface area contributed by atoms with Gasteiger partial charge in [-0.2, -0.15) is 13.2 Å². The predicted molar refractivity (Wildman–Crippen MR) is 114 cm³/mol. The van der Waals surface area contributed by atoms with Gasteiger partial charge in [-0.25, -0.2) is 4.79 Å². The van der Waals surface area contributed by atoms with Gasteiger partial charge in [0, 0.05) is 17.5 Å². The normalized spacial score (nSPS) is 17.1. The summed E-state index contributed by atoms with van der Waals surface area (Å²) in [5.74, 6) is -1.04. The van der Waals surface area contributed by atoms with E-state index in [1.165, 1.54) is 12.1 Å². The summed E-state index contributed by atoms with van der Waals surface area (Å²) in [7, 11) is 0. The van der Waals surface area contributed by atoms with Crippen molar-refractivity contribution in [3.63, 3.8) is 0 Å². The van der Waals surface area contributed by atoms with Gasteiger partial charge < -0.3 is 14.7 Å². The van der Waals surface area contributed by atoms with Gasteiger partial charge in [0.2, 0.25) is 0 Å². The Labute approximate surface area is 178 Å². The molecule has 0 unspecified atom stereocenters. The molecule has 3 rings (SSSR count). The Bertz CT molecular complexity index is 918. The monoisotopic (exact) mass is 438 g/mol. The van der Waals surface area contributed by atoms with Crippen molar-refractivity contribution in [2.24, 2.45) is 0 Å². The van der Waals surface area contributed by atoms with Crippen molar-refractivity contribution in [1.29, 1.82) is 0 Å². The molecule has 1 aliphatic heterocycles. The molecule has 2 aromatic rings. The highest BCUT2D eigenvalue weighted by Crippen LogP contribution is 2.39. The van der Waals surface area contributed by atoms with E-state index in [2.05, 4.69) is 16.5 Å². The summed E-state index contributed by atoms with van der Waals surface area (Å²) in [6.45, 7) is 4.82. The molecule has 0 bridgehead atoms. The Balaban J connectivity index is 1.95. The number of nitrogens with one attached hydrogen (secondary N) is 1. The first-order valence-corrected chi connectivity index (χ1v) is 10.8.